The number of hydrogen-bond donors (Lipinski definition) is 3. The highest BCUT2D eigenvalue weighted by Crippen LogP contribution is 2.48. The number of methoxy groups -OCH3 is 1. The molecule has 41 heavy (non-hydrogen) atoms. The summed E-state index contributed by atoms with van der Waals surface area (Å²) in [5.74, 6) is 0.435. The highest BCUT2D eigenvalue weighted by atomic mass is 16.5. The quantitative estimate of drug-likeness (QED) is 0.325. The minimum absolute atomic E-state index is 0.000939. The molecule has 3 atom stereocenters. The van der Waals surface area contributed by atoms with Crippen LogP contribution in [-0.4, -0.2) is 63.6 Å². The molecule has 5 rings (SSSR count). The molecule has 3 aromatic rings. The van der Waals surface area contributed by atoms with E-state index in [1.807, 2.05) is 35.2 Å². The van der Waals surface area contributed by atoms with Gasteiger partial charge < -0.3 is 29.8 Å². The molecule has 1 fully saturated rings. The number of hydrogen-bond acceptors (Lipinski definition) is 7. The van der Waals surface area contributed by atoms with Crippen molar-refractivity contribution in [3.63, 3.8) is 0 Å². The Hall–Kier alpha value is -3.27. The van der Waals surface area contributed by atoms with E-state index >= 15 is 0 Å². The number of aliphatic hydroxyl groups excluding tert-OH is 1. The van der Waals surface area contributed by atoms with Gasteiger partial charge in [-0.3, -0.25) is 4.79 Å². The van der Waals surface area contributed by atoms with Crippen molar-refractivity contribution < 1.29 is 19.4 Å². The SMILES string of the molecule is COCC(=O)N[C@@H](Cc1cccc(-n2ccnc2)c1)[C@H](O)CN[C@H]1CC2(CCC2)Oc2ncc(CC(C)(C)C)cc21. The van der Waals surface area contributed by atoms with E-state index in [-0.39, 0.29) is 29.6 Å². The molecule has 1 aliphatic carbocycles. The number of imidazole rings is 1. The van der Waals surface area contributed by atoms with Crippen molar-refractivity contribution in [3.05, 3.63) is 71.9 Å². The summed E-state index contributed by atoms with van der Waals surface area (Å²) in [6.45, 7) is 6.91. The van der Waals surface area contributed by atoms with Crippen LogP contribution in [0.4, 0.5) is 0 Å². The number of aliphatic hydroxyl groups is 1. The molecule has 0 radical (unpaired) electrons. The Labute approximate surface area is 242 Å². The molecule has 1 amide bonds. The fraction of sp³-hybridized carbons (Fsp3) is 0.531. The van der Waals surface area contributed by atoms with Gasteiger partial charge in [0.25, 0.3) is 0 Å². The predicted octanol–water partition coefficient (Wildman–Crippen LogP) is 3.93. The maximum absolute atomic E-state index is 12.5. The van der Waals surface area contributed by atoms with Gasteiger partial charge in [0, 0.05) is 56.0 Å². The maximum Gasteiger partial charge on any atom is 0.246 e. The zero-order valence-corrected chi connectivity index (χ0v) is 24.6. The molecule has 220 valence electrons. The first kappa shape index (κ1) is 29.2. The van der Waals surface area contributed by atoms with Gasteiger partial charge in [-0.2, -0.15) is 0 Å². The van der Waals surface area contributed by atoms with Crippen LogP contribution in [0.1, 0.15) is 69.2 Å². The van der Waals surface area contributed by atoms with Gasteiger partial charge in [-0.25, -0.2) is 9.97 Å². The zero-order chi connectivity index (χ0) is 29.0. The molecule has 1 saturated carbocycles. The number of pyridine rings is 1. The molecular formula is C32H43N5O4. The number of carbonyl (C=O) groups excluding carboxylic acids is 1. The number of fused-ring (bicyclic) bond motifs is 1. The summed E-state index contributed by atoms with van der Waals surface area (Å²) < 4.78 is 13.4. The second kappa shape index (κ2) is 12.3. The second-order valence-electron chi connectivity index (χ2n) is 12.8. The van der Waals surface area contributed by atoms with E-state index in [0.717, 1.165) is 48.9 Å². The number of rotatable bonds is 11. The van der Waals surface area contributed by atoms with Crippen LogP contribution in [0.3, 0.4) is 0 Å². The summed E-state index contributed by atoms with van der Waals surface area (Å²) in [5.41, 5.74) is 4.15. The number of ether oxygens (including phenoxy) is 2. The first-order chi connectivity index (χ1) is 19.6. The van der Waals surface area contributed by atoms with Crippen molar-refractivity contribution in [2.75, 3.05) is 20.3 Å². The van der Waals surface area contributed by atoms with Crippen LogP contribution in [0, 0.1) is 5.41 Å². The summed E-state index contributed by atoms with van der Waals surface area (Å²) in [6, 6.07) is 9.74. The Morgan fingerprint density at radius 3 is 2.78 bits per heavy atom. The van der Waals surface area contributed by atoms with Crippen LogP contribution in [0.2, 0.25) is 0 Å². The van der Waals surface area contributed by atoms with Gasteiger partial charge in [0.05, 0.1) is 18.5 Å². The molecule has 1 spiro atoms. The Balaban J connectivity index is 1.33. The number of aromatic nitrogens is 3. The normalized spacial score (nSPS) is 19.1. The molecule has 3 heterocycles. The van der Waals surface area contributed by atoms with Crippen LogP contribution in [0.15, 0.2) is 55.2 Å². The van der Waals surface area contributed by atoms with Crippen LogP contribution < -0.4 is 15.4 Å². The molecule has 1 aromatic carbocycles. The standard InChI is InChI=1S/C32H43N5O4/c1-31(2,3)16-23-14-25-27(17-32(9-6-10-32)41-30(25)35-18-23)34-19-28(38)26(36-29(39)20-40-4)15-22-7-5-8-24(13-22)37-12-11-33-21-37/h5,7-8,11-14,18,21,26-28,34,38H,6,9-10,15-17,19-20H2,1-4H3,(H,36,39)/t26-,27-,28+/m0/s1. The maximum atomic E-state index is 12.5. The summed E-state index contributed by atoms with van der Waals surface area (Å²) in [5, 5.41) is 18.1. The first-order valence-corrected chi connectivity index (χ1v) is 14.6. The number of benzene rings is 1. The summed E-state index contributed by atoms with van der Waals surface area (Å²) in [4.78, 5) is 21.4. The molecule has 0 bridgehead atoms. The van der Waals surface area contributed by atoms with Crippen molar-refractivity contribution >= 4 is 5.91 Å². The smallest absolute Gasteiger partial charge is 0.246 e. The van der Waals surface area contributed by atoms with Gasteiger partial charge in [0.2, 0.25) is 11.8 Å². The molecule has 3 N–H and O–H groups in total. The van der Waals surface area contributed by atoms with E-state index in [9.17, 15) is 9.90 Å². The zero-order valence-electron chi connectivity index (χ0n) is 24.6. The minimum atomic E-state index is -0.831. The monoisotopic (exact) mass is 561 g/mol. The van der Waals surface area contributed by atoms with Crippen molar-refractivity contribution in [1.29, 1.82) is 0 Å². The van der Waals surface area contributed by atoms with Gasteiger partial charge in [-0.05, 0) is 66.8 Å². The fourth-order valence-corrected chi connectivity index (χ4v) is 5.92. The molecule has 2 aliphatic rings. The average Bonchev–Trinajstić information content (AvgIpc) is 3.45. The second-order valence-corrected chi connectivity index (χ2v) is 12.8. The third-order valence-electron chi connectivity index (χ3n) is 8.03. The van der Waals surface area contributed by atoms with Crippen molar-refractivity contribution in [1.82, 2.24) is 25.2 Å². The Kier molecular flexibility index (Phi) is 8.77. The summed E-state index contributed by atoms with van der Waals surface area (Å²) in [6.07, 6.45) is 11.9. The lowest BCUT2D eigenvalue weighted by atomic mass is 9.73. The van der Waals surface area contributed by atoms with E-state index in [4.69, 9.17) is 14.5 Å². The summed E-state index contributed by atoms with van der Waals surface area (Å²) >= 11 is 0. The number of amides is 1. The van der Waals surface area contributed by atoms with E-state index in [1.165, 1.54) is 12.7 Å². The Morgan fingerprint density at radius 2 is 2.10 bits per heavy atom. The highest BCUT2D eigenvalue weighted by Gasteiger charge is 2.46. The Morgan fingerprint density at radius 1 is 1.27 bits per heavy atom. The van der Waals surface area contributed by atoms with Gasteiger partial charge in [0.1, 0.15) is 12.2 Å². The Bertz CT molecular complexity index is 1320. The lowest BCUT2D eigenvalue weighted by Crippen LogP contribution is -2.52. The van der Waals surface area contributed by atoms with Crippen LogP contribution in [-0.2, 0) is 22.4 Å². The largest absolute Gasteiger partial charge is 0.471 e. The number of nitrogens with zero attached hydrogens (tertiary/aromatic N) is 3. The van der Waals surface area contributed by atoms with Crippen molar-refractivity contribution in [3.8, 4) is 11.6 Å². The third-order valence-corrected chi connectivity index (χ3v) is 8.03. The minimum Gasteiger partial charge on any atom is -0.471 e. The molecule has 0 saturated heterocycles. The van der Waals surface area contributed by atoms with Gasteiger partial charge >= 0.3 is 0 Å². The highest BCUT2D eigenvalue weighted by molar-refractivity contribution is 5.77. The lowest BCUT2D eigenvalue weighted by molar-refractivity contribution is -0.126. The third kappa shape index (κ3) is 7.33. The molecule has 1 aliphatic heterocycles. The van der Waals surface area contributed by atoms with Crippen molar-refractivity contribution in [2.45, 2.75) is 83.1 Å². The molecule has 0 unspecified atom stereocenters. The molecule has 9 heteroatoms. The van der Waals surface area contributed by atoms with Crippen LogP contribution in [0.5, 0.6) is 5.88 Å². The van der Waals surface area contributed by atoms with E-state index in [1.54, 1.807) is 12.5 Å². The first-order valence-electron chi connectivity index (χ1n) is 14.6. The van der Waals surface area contributed by atoms with Crippen LogP contribution >= 0.6 is 0 Å². The van der Waals surface area contributed by atoms with Crippen molar-refractivity contribution in [2.24, 2.45) is 5.41 Å². The molecule has 9 nitrogen and oxygen atoms in total. The number of carbonyl (C=O) groups is 1. The average molecular weight is 562 g/mol. The number of nitrogens with one attached hydrogen (secondary N) is 2. The topological polar surface area (TPSA) is 111 Å². The van der Waals surface area contributed by atoms with Gasteiger partial charge in [0.15, 0.2) is 0 Å². The lowest BCUT2D eigenvalue weighted by Gasteiger charge is -2.47. The van der Waals surface area contributed by atoms with E-state index in [0.29, 0.717) is 18.8 Å². The van der Waals surface area contributed by atoms with E-state index in [2.05, 4.69) is 48.5 Å². The summed E-state index contributed by atoms with van der Waals surface area (Å²) in [7, 11) is 1.49. The molecule has 2 aromatic heterocycles. The van der Waals surface area contributed by atoms with Gasteiger partial charge in [-0.15, -0.1) is 0 Å². The predicted molar refractivity (Wildman–Crippen MR) is 157 cm³/mol. The van der Waals surface area contributed by atoms with E-state index < -0.39 is 12.1 Å². The van der Waals surface area contributed by atoms with Crippen LogP contribution in [0.25, 0.3) is 5.69 Å². The fourth-order valence-electron chi connectivity index (χ4n) is 5.92. The van der Waals surface area contributed by atoms with Gasteiger partial charge in [-0.1, -0.05) is 32.9 Å². The molecular weight excluding hydrogens is 518 g/mol.